The Labute approximate surface area is 137 Å². The summed E-state index contributed by atoms with van der Waals surface area (Å²) in [4.78, 5) is 0. The summed E-state index contributed by atoms with van der Waals surface area (Å²) in [5.74, 6) is 0. The Balaban J connectivity index is 0.00000121. The van der Waals surface area contributed by atoms with Crippen molar-refractivity contribution in [2.75, 3.05) is 0 Å². The third-order valence-corrected chi connectivity index (χ3v) is 4.37. The Morgan fingerprint density at radius 2 is 1.95 bits per heavy atom. The van der Waals surface area contributed by atoms with Crippen molar-refractivity contribution >= 4 is 22.4 Å². The number of rotatable bonds is 0. The molecule has 1 radical (unpaired) electrons. The fourth-order valence-corrected chi connectivity index (χ4v) is 3.32. The van der Waals surface area contributed by atoms with E-state index in [1.54, 1.807) is 0 Å². The van der Waals surface area contributed by atoms with E-state index in [4.69, 9.17) is 11.6 Å². The van der Waals surface area contributed by atoms with Gasteiger partial charge < -0.3 is 0 Å². The molecule has 0 amide bonds. The van der Waals surface area contributed by atoms with E-state index < -0.39 is 0 Å². The summed E-state index contributed by atoms with van der Waals surface area (Å²) in [5, 5.41) is 3.29. The molecular weight excluding hydrogens is 438 g/mol. The van der Waals surface area contributed by atoms with Crippen LogP contribution in [0.25, 0.3) is 21.9 Å². The molecule has 0 fully saturated rings. The molecule has 0 saturated carbocycles. The molecule has 0 unspecified atom stereocenters. The first-order valence-electron chi connectivity index (χ1n) is 6.45. The molecule has 0 aromatic heterocycles. The normalized spacial score (nSPS) is 11.9. The fraction of sp³-hybridized carbons (Fsp3) is 0.111. The molecule has 4 rings (SSSR count). The van der Waals surface area contributed by atoms with Crippen LogP contribution in [0.2, 0.25) is 5.02 Å². The van der Waals surface area contributed by atoms with Crippen LogP contribution in [0.3, 0.4) is 0 Å². The molecule has 0 heterocycles. The minimum Gasteiger partial charge on any atom is -0.183 e. The van der Waals surface area contributed by atoms with E-state index >= 15 is 0 Å². The van der Waals surface area contributed by atoms with Gasteiger partial charge in [0.05, 0.1) is 5.02 Å². The Morgan fingerprint density at radius 1 is 1.10 bits per heavy atom. The van der Waals surface area contributed by atoms with E-state index in [-0.39, 0.29) is 20.4 Å². The van der Waals surface area contributed by atoms with Crippen molar-refractivity contribution in [3.63, 3.8) is 0 Å². The van der Waals surface area contributed by atoms with Crippen LogP contribution in [0.1, 0.15) is 16.7 Å². The summed E-state index contributed by atoms with van der Waals surface area (Å²) >= 11 is 6.64. The van der Waals surface area contributed by atoms with Gasteiger partial charge in [-0.2, -0.15) is 24.3 Å². The molecule has 20 heavy (non-hydrogen) atoms. The first-order valence-corrected chi connectivity index (χ1v) is 6.83. The monoisotopic (exact) mass is 450 g/mol. The molecule has 0 saturated heterocycles. The second-order valence-electron chi connectivity index (χ2n) is 5.20. The van der Waals surface area contributed by atoms with Gasteiger partial charge in [0, 0.05) is 25.8 Å². The van der Waals surface area contributed by atoms with Gasteiger partial charge in [-0.25, -0.2) is 0 Å². The smallest absolute Gasteiger partial charge is 0.0514 e. The molecule has 0 aliphatic heterocycles. The summed E-state index contributed by atoms with van der Waals surface area (Å²) < 4.78 is 0. The predicted molar refractivity (Wildman–Crippen MR) is 80.8 cm³/mol. The van der Waals surface area contributed by atoms with Gasteiger partial charge in [0.15, 0.2) is 0 Å². The van der Waals surface area contributed by atoms with Crippen molar-refractivity contribution in [2.45, 2.75) is 13.3 Å². The molecule has 2 heteroatoms. The number of benzene rings is 3. The topological polar surface area (TPSA) is 0 Å². The van der Waals surface area contributed by atoms with E-state index in [1.807, 2.05) is 6.07 Å². The maximum absolute atomic E-state index is 6.64. The molecule has 3 aromatic carbocycles. The minimum atomic E-state index is 0. The number of fused-ring (bicyclic) bond motifs is 4. The van der Waals surface area contributed by atoms with Gasteiger partial charge in [0.2, 0.25) is 0 Å². The third kappa shape index (κ3) is 1.93. The van der Waals surface area contributed by atoms with Crippen LogP contribution in [0.15, 0.2) is 42.5 Å². The molecule has 0 bridgehead atoms. The minimum absolute atomic E-state index is 0. The molecule has 0 atom stereocenters. The number of hydrogen-bond acceptors (Lipinski definition) is 0. The van der Waals surface area contributed by atoms with Crippen LogP contribution in [-0.2, 0) is 26.8 Å². The van der Waals surface area contributed by atoms with Crippen LogP contribution in [0.5, 0.6) is 0 Å². The Bertz CT molecular complexity index is 821. The van der Waals surface area contributed by atoms with Gasteiger partial charge in [-0.1, -0.05) is 29.3 Å². The SMILES string of the molecule is Cc1ccc2cc3c(c(Cl)c2c1)Cc1c[c-]ccc1-3.[Re]. The van der Waals surface area contributed by atoms with E-state index in [9.17, 15) is 0 Å². The summed E-state index contributed by atoms with van der Waals surface area (Å²) in [5.41, 5.74) is 6.42. The van der Waals surface area contributed by atoms with Crippen molar-refractivity contribution in [1.82, 2.24) is 0 Å². The van der Waals surface area contributed by atoms with E-state index in [2.05, 4.69) is 49.4 Å². The summed E-state index contributed by atoms with van der Waals surface area (Å²) in [6.07, 6.45) is 0.921. The Morgan fingerprint density at radius 3 is 2.80 bits per heavy atom. The molecule has 1 aliphatic carbocycles. The molecule has 0 spiro atoms. The van der Waals surface area contributed by atoms with Crippen molar-refractivity contribution in [2.24, 2.45) is 0 Å². The first kappa shape index (κ1) is 13.8. The number of halogens is 1. The van der Waals surface area contributed by atoms with E-state index in [1.165, 1.54) is 33.2 Å². The summed E-state index contributed by atoms with van der Waals surface area (Å²) in [6.45, 7) is 2.10. The molecule has 0 N–H and O–H groups in total. The van der Waals surface area contributed by atoms with Crippen LogP contribution >= 0.6 is 11.6 Å². The molecular formula is C18H12ClRe-. The molecule has 99 valence electrons. The van der Waals surface area contributed by atoms with Crippen LogP contribution in [0, 0.1) is 13.0 Å². The molecule has 0 nitrogen and oxygen atoms in total. The summed E-state index contributed by atoms with van der Waals surface area (Å²) in [6, 6.07) is 18.1. The van der Waals surface area contributed by atoms with E-state index in [0.717, 1.165) is 16.8 Å². The largest absolute Gasteiger partial charge is 0.183 e. The van der Waals surface area contributed by atoms with Crippen LogP contribution in [0.4, 0.5) is 0 Å². The zero-order valence-corrected chi connectivity index (χ0v) is 14.5. The van der Waals surface area contributed by atoms with Crippen molar-refractivity contribution < 1.29 is 20.4 Å². The zero-order valence-electron chi connectivity index (χ0n) is 11.0. The van der Waals surface area contributed by atoms with Crippen LogP contribution < -0.4 is 0 Å². The number of aryl methyl sites for hydroxylation is 1. The second-order valence-corrected chi connectivity index (χ2v) is 5.58. The predicted octanol–water partition coefficient (Wildman–Crippen LogP) is 5.17. The standard InChI is InChI=1S/C18H12Cl.Re/c1-11-6-7-13-9-16-14-5-3-2-4-12(14)10-17(16)18(19)15(13)8-11;/h3-9H,10H2,1H3;/q-1;. The van der Waals surface area contributed by atoms with Crippen molar-refractivity contribution in [3.8, 4) is 11.1 Å². The number of hydrogen-bond donors (Lipinski definition) is 0. The molecule has 1 aliphatic rings. The maximum Gasteiger partial charge on any atom is 0.0514 e. The molecule has 3 aromatic rings. The van der Waals surface area contributed by atoms with Gasteiger partial charge in [0.25, 0.3) is 0 Å². The average Bonchev–Trinajstić information content (AvgIpc) is 2.79. The quantitative estimate of drug-likeness (QED) is 0.325. The Hall–Kier alpha value is -1.13. The Kier molecular flexibility index (Phi) is 3.47. The average molecular weight is 450 g/mol. The van der Waals surface area contributed by atoms with Crippen LogP contribution in [-0.4, -0.2) is 0 Å². The second kappa shape index (κ2) is 5.01. The first-order chi connectivity index (χ1) is 9.24. The van der Waals surface area contributed by atoms with Gasteiger partial charge in [-0.15, -0.1) is 11.1 Å². The van der Waals surface area contributed by atoms with Gasteiger partial charge in [0.1, 0.15) is 0 Å². The van der Waals surface area contributed by atoms with Gasteiger partial charge in [-0.05, 0) is 42.0 Å². The fourth-order valence-electron chi connectivity index (χ4n) is 2.99. The third-order valence-electron chi connectivity index (χ3n) is 3.94. The zero-order chi connectivity index (χ0) is 13.0. The van der Waals surface area contributed by atoms with Crippen molar-refractivity contribution in [1.29, 1.82) is 0 Å². The van der Waals surface area contributed by atoms with Gasteiger partial charge >= 0.3 is 0 Å². The summed E-state index contributed by atoms with van der Waals surface area (Å²) in [7, 11) is 0. The van der Waals surface area contributed by atoms with E-state index in [0.29, 0.717) is 0 Å². The van der Waals surface area contributed by atoms with Gasteiger partial charge in [-0.3, -0.25) is 0 Å². The van der Waals surface area contributed by atoms with Crippen molar-refractivity contribution in [3.05, 3.63) is 70.2 Å². The maximum atomic E-state index is 6.64.